The van der Waals surface area contributed by atoms with E-state index in [-0.39, 0.29) is 24.4 Å². The predicted molar refractivity (Wildman–Crippen MR) is 99.6 cm³/mol. The van der Waals surface area contributed by atoms with E-state index in [1.165, 1.54) is 23.1 Å². The summed E-state index contributed by atoms with van der Waals surface area (Å²) in [5, 5.41) is 8.41. The van der Waals surface area contributed by atoms with E-state index in [0.717, 1.165) is 25.2 Å². The third-order valence-electron chi connectivity index (χ3n) is 4.31. The van der Waals surface area contributed by atoms with Crippen molar-refractivity contribution in [1.82, 2.24) is 9.80 Å². The Labute approximate surface area is 166 Å². The molecule has 1 fully saturated rings. The first-order valence-corrected chi connectivity index (χ1v) is 9.20. The number of carbonyl (C=O) groups is 1. The van der Waals surface area contributed by atoms with Crippen molar-refractivity contribution in [1.29, 1.82) is 5.26 Å². The van der Waals surface area contributed by atoms with E-state index >= 15 is 0 Å². The number of hydrogen-bond acceptors (Lipinski definition) is 4. The number of ether oxygens (including phenoxy) is 1. The van der Waals surface area contributed by atoms with Crippen LogP contribution in [0.3, 0.4) is 0 Å². The largest absolute Gasteiger partial charge is 0.417 e. The zero-order valence-electron chi connectivity index (χ0n) is 15.2. The van der Waals surface area contributed by atoms with Crippen molar-refractivity contribution in [3.8, 4) is 6.07 Å². The molecule has 0 atom stereocenters. The monoisotopic (exact) mass is 415 g/mol. The van der Waals surface area contributed by atoms with Gasteiger partial charge in [-0.3, -0.25) is 9.69 Å². The summed E-state index contributed by atoms with van der Waals surface area (Å²) in [6, 6.07) is 5.47. The molecule has 0 saturated carbocycles. The lowest BCUT2D eigenvalue weighted by Gasteiger charge is -2.29. The lowest BCUT2D eigenvalue weighted by Crippen LogP contribution is -2.43. The molecule has 152 valence electrons. The molecule has 1 aliphatic heterocycles. The van der Waals surface area contributed by atoms with Crippen molar-refractivity contribution in [2.45, 2.75) is 12.6 Å². The molecule has 28 heavy (non-hydrogen) atoms. The molecule has 1 aliphatic rings. The molecule has 0 aromatic heterocycles. The number of amides is 1. The normalized spacial score (nSPS) is 15.5. The van der Waals surface area contributed by atoms with Gasteiger partial charge in [-0.05, 0) is 23.8 Å². The van der Waals surface area contributed by atoms with Crippen LogP contribution in [0, 0.1) is 11.3 Å². The summed E-state index contributed by atoms with van der Waals surface area (Å²) in [7, 11) is 0. The highest BCUT2D eigenvalue weighted by Crippen LogP contribution is 2.35. The highest BCUT2D eigenvalue weighted by Gasteiger charge is 2.33. The fraction of sp³-hybridized carbons (Fsp3) is 0.474. The third-order valence-corrected chi connectivity index (χ3v) is 4.64. The van der Waals surface area contributed by atoms with E-state index in [2.05, 4.69) is 4.90 Å². The number of carbonyl (C=O) groups excluding carboxylic acids is 1. The molecular weight excluding hydrogens is 395 g/mol. The second-order valence-corrected chi connectivity index (χ2v) is 6.66. The van der Waals surface area contributed by atoms with Gasteiger partial charge in [-0.2, -0.15) is 18.4 Å². The Kier molecular flexibility index (Phi) is 8.30. The quantitative estimate of drug-likeness (QED) is 0.640. The molecule has 0 N–H and O–H groups in total. The number of halogens is 4. The van der Waals surface area contributed by atoms with Crippen molar-refractivity contribution in [2.75, 3.05) is 45.9 Å². The smallest absolute Gasteiger partial charge is 0.379 e. The maximum absolute atomic E-state index is 12.9. The van der Waals surface area contributed by atoms with Gasteiger partial charge in [0.1, 0.15) is 0 Å². The molecule has 1 amide bonds. The summed E-state index contributed by atoms with van der Waals surface area (Å²) in [5.41, 5.74) is -0.726. The van der Waals surface area contributed by atoms with Crippen molar-refractivity contribution in [3.63, 3.8) is 0 Å². The zero-order chi connectivity index (χ0) is 20.6. The summed E-state index contributed by atoms with van der Waals surface area (Å²) in [4.78, 5) is 16.2. The number of nitrogens with zero attached hydrogens (tertiary/aromatic N) is 3. The number of alkyl halides is 3. The van der Waals surface area contributed by atoms with Crippen LogP contribution in [-0.4, -0.2) is 61.6 Å². The minimum atomic E-state index is -4.57. The van der Waals surface area contributed by atoms with E-state index in [1.807, 2.05) is 6.07 Å². The summed E-state index contributed by atoms with van der Waals surface area (Å²) < 4.78 is 44.1. The maximum atomic E-state index is 12.9. The number of morpholine rings is 1. The second kappa shape index (κ2) is 10.5. The Morgan fingerprint density at radius 2 is 2.04 bits per heavy atom. The first-order valence-electron chi connectivity index (χ1n) is 8.82. The van der Waals surface area contributed by atoms with Crippen molar-refractivity contribution in [2.24, 2.45) is 0 Å². The second-order valence-electron chi connectivity index (χ2n) is 6.26. The molecule has 0 radical (unpaired) electrons. The molecule has 0 spiro atoms. The lowest BCUT2D eigenvalue weighted by molar-refractivity contribution is -0.137. The highest BCUT2D eigenvalue weighted by molar-refractivity contribution is 6.31. The van der Waals surface area contributed by atoms with Crippen molar-refractivity contribution < 1.29 is 22.7 Å². The lowest BCUT2D eigenvalue weighted by atomic mass is 10.1. The molecule has 1 aromatic rings. The summed E-state index contributed by atoms with van der Waals surface area (Å²) in [6.07, 6.45) is -1.84. The minimum Gasteiger partial charge on any atom is -0.379 e. The number of benzene rings is 1. The minimum absolute atomic E-state index is 0.182. The molecule has 1 heterocycles. The maximum Gasteiger partial charge on any atom is 0.417 e. The Morgan fingerprint density at radius 3 is 2.68 bits per heavy atom. The van der Waals surface area contributed by atoms with Gasteiger partial charge in [-0.25, -0.2) is 0 Å². The standard InChI is InChI=1S/C19H21ClF3N3O2/c20-17-4-2-15(14-16(17)19(21,22)23)3-5-18(27)26(7-1-6-24)9-8-25-10-12-28-13-11-25/h2-5,14H,1,7-13H2/b5-3+. The molecule has 0 bridgehead atoms. The van der Waals surface area contributed by atoms with Gasteiger partial charge in [-0.1, -0.05) is 17.7 Å². The fourth-order valence-corrected chi connectivity index (χ4v) is 2.97. The zero-order valence-corrected chi connectivity index (χ0v) is 16.0. The van der Waals surface area contributed by atoms with Crippen molar-refractivity contribution >= 4 is 23.6 Å². The summed E-state index contributed by atoms with van der Waals surface area (Å²) in [5.74, 6) is -0.355. The first-order chi connectivity index (χ1) is 13.3. The van der Waals surface area contributed by atoms with Gasteiger partial charge < -0.3 is 9.64 Å². The molecule has 1 aromatic carbocycles. The summed E-state index contributed by atoms with van der Waals surface area (Å²) >= 11 is 5.60. The number of hydrogen-bond donors (Lipinski definition) is 0. The van der Waals surface area contributed by atoms with Crippen LogP contribution in [0.5, 0.6) is 0 Å². The van der Waals surface area contributed by atoms with Crippen LogP contribution in [-0.2, 0) is 15.7 Å². The SMILES string of the molecule is N#CCCN(CCN1CCOCC1)C(=O)/C=C/c1ccc(Cl)c(C(F)(F)F)c1. The van der Waals surface area contributed by atoms with Crippen LogP contribution in [0.15, 0.2) is 24.3 Å². The third kappa shape index (κ3) is 6.82. The van der Waals surface area contributed by atoms with Crippen LogP contribution in [0.25, 0.3) is 6.08 Å². The van der Waals surface area contributed by atoms with E-state index < -0.39 is 16.8 Å². The van der Waals surface area contributed by atoms with E-state index in [1.54, 1.807) is 0 Å². The average Bonchev–Trinajstić information content (AvgIpc) is 2.67. The van der Waals surface area contributed by atoms with Gasteiger partial charge in [0.25, 0.3) is 0 Å². The Balaban J connectivity index is 2.04. The van der Waals surface area contributed by atoms with Crippen LogP contribution in [0.4, 0.5) is 13.2 Å². The topological polar surface area (TPSA) is 56.6 Å². The van der Waals surface area contributed by atoms with E-state index in [0.29, 0.717) is 26.3 Å². The van der Waals surface area contributed by atoms with Crippen LogP contribution >= 0.6 is 11.6 Å². The van der Waals surface area contributed by atoms with Gasteiger partial charge in [-0.15, -0.1) is 0 Å². The Bertz CT molecular complexity index is 741. The van der Waals surface area contributed by atoms with Gasteiger partial charge in [0.15, 0.2) is 0 Å². The van der Waals surface area contributed by atoms with Gasteiger partial charge in [0.2, 0.25) is 5.91 Å². The molecular formula is C19H21ClF3N3O2. The molecule has 2 rings (SSSR count). The van der Waals surface area contributed by atoms with Crippen LogP contribution in [0.2, 0.25) is 5.02 Å². The van der Waals surface area contributed by atoms with Gasteiger partial charge in [0, 0.05) is 38.8 Å². The van der Waals surface area contributed by atoms with E-state index in [4.69, 9.17) is 21.6 Å². The highest BCUT2D eigenvalue weighted by atomic mass is 35.5. The van der Waals surface area contributed by atoms with Crippen molar-refractivity contribution in [3.05, 3.63) is 40.4 Å². The average molecular weight is 416 g/mol. The molecule has 9 heteroatoms. The number of rotatable bonds is 7. The van der Waals surface area contributed by atoms with Crippen LogP contribution < -0.4 is 0 Å². The molecule has 0 aliphatic carbocycles. The first kappa shape index (κ1) is 22.2. The summed E-state index contributed by atoms with van der Waals surface area (Å²) in [6.45, 7) is 4.18. The number of nitriles is 1. The van der Waals surface area contributed by atoms with E-state index in [9.17, 15) is 18.0 Å². The predicted octanol–water partition coefficient (Wildman–Crippen LogP) is 3.45. The van der Waals surface area contributed by atoms with Gasteiger partial charge >= 0.3 is 6.18 Å². The molecule has 0 unspecified atom stereocenters. The Hall–Kier alpha value is -2.08. The van der Waals surface area contributed by atoms with Crippen LogP contribution in [0.1, 0.15) is 17.5 Å². The Morgan fingerprint density at radius 1 is 1.32 bits per heavy atom. The molecule has 1 saturated heterocycles. The van der Waals surface area contributed by atoms with Gasteiger partial charge in [0.05, 0.1) is 36.3 Å². The fourth-order valence-electron chi connectivity index (χ4n) is 2.74. The molecule has 5 nitrogen and oxygen atoms in total.